The lowest BCUT2D eigenvalue weighted by molar-refractivity contribution is -0.151. The topological polar surface area (TPSA) is 46.6 Å². The Bertz CT molecular complexity index is 166. The fraction of sp³-hybridized carbons (Fsp3) is 0.667. The molecule has 1 saturated heterocycles. The SMILES string of the molecule is COC(=O)CN1CCC1=O. The molecule has 1 amide bonds. The summed E-state index contributed by atoms with van der Waals surface area (Å²) >= 11 is 0. The van der Waals surface area contributed by atoms with Crippen LogP contribution in [0.5, 0.6) is 0 Å². The monoisotopic (exact) mass is 143 g/mol. The molecule has 4 heteroatoms. The van der Waals surface area contributed by atoms with Gasteiger partial charge in [0.2, 0.25) is 5.91 Å². The fourth-order valence-corrected chi connectivity index (χ4v) is 0.749. The van der Waals surface area contributed by atoms with E-state index in [1.54, 1.807) is 0 Å². The van der Waals surface area contributed by atoms with Crippen LogP contribution in [0.2, 0.25) is 0 Å². The minimum Gasteiger partial charge on any atom is -0.468 e. The third-order valence-electron chi connectivity index (χ3n) is 1.50. The van der Waals surface area contributed by atoms with Gasteiger partial charge in [-0.25, -0.2) is 0 Å². The van der Waals surface area contributed by atoms with E-state index in [1.807, 2.05) is 0 Å². The lowest BCUT2D eigenvalue weighted by Gasteiger charge is -2.28. The zero-order valence-electron chi connectivity index (χ0n) is 5.79. The molecular formula is C6H9NO3. The minimum absolute atomic E-state index is 0.0328. The zero-order chi connectivity index (χ0) is 7.56. The van der Waals surface area contributed by atoms with Crippen LogP contribution in [0, 0.1) is 0 Å². The largest absolute Gasteiger partial charge is 0.468 e. The van der Waals surface area contributed by atoms with Gasteiger partial charge in [-0.05, 0) is 0 Å². The number of carbonyl (C=O) groups excluding carboxylic acids is 2. The molecule has 0 unspecified atom stereocenters. The molecule has 56 valence electrons. The van der Waals surface area contributed by atoms with Crippen molar-refractivity contribution in [2.45, 2.75) is 6.42 Å². The second kappa shape index (κ2) is 2.68. The first-order valence-electron chi connectivity index (χ1n) is 3.08. The molecule has 0 aliphatic carbocycles. The second-order valence-electron chi connectivity index (χ2n) is 2.14. The zero-order valence-corrected chi connectivity index (χ0v) is 5.79. The van der Waals surface area contributed by atoms with Crippen molar-refractivity contribution in [1.29, 1.82) is 0 Å². The second-order valence-corrected chi connectivity index (χ2v) is 2.14. The average molecular weight is 143 g/mol. The van der Waals surface area contributed by atoms with E-state index >= 15 is 0 Å². The molecule has 1 fully saturated rings. The summed E-state index contributed by atoms with van der Waals surface area (Å²) in [5.74, 6) is -0.321. The molecule has 10 heavy (non-hydrogen) atoms. The van der Waals surface area contributed by atoms with E-state index in [0.717, 1.165) is 0 Å². The van der Waals surface area contributed by atoms with E-state index in [0.29, 0.717) is 13.0 Å². The van der Waals surface area contributed by atoms with Gasteiger partial charge >= 0.3 is 5.97 Å². The highest BCUT2D eigenvalue weighted by atomic mass is 16.5. The van der Waals surface area contributed by atoms with Gasteiger partial charge in [-0.15, -0.1) is 0 Å². The Morgan fingerprint density at radius 2 is 2.50 bits per heavy atom. The standard InChI is InChI=1S/C6H9NO3/c1-10-6(9)4-7-3-2-5(7)8/h2-4H2,1H3. The van der Waals surface area contributed by atoms with Crippen molar-refractivity contribution in [1.82, 2.24) is 4.90 Å². The number of methoxy groups -OCH3 is 1. The first-order valence-corrected chi connectivity index (χ1v) is 3.08. The van der Waals surface area contributed by atoms with Crippen molar-refractivity contribution in [3.8, 4) is 0 Å². The van der Waals surface area contributed by atoms with Crippen LogP contribution in [0.15, 0.2) is 0 Å². The maximum absolute atomic E-state index is 10.6. The number of likely N-dealkylation sites (tertiary alicyclic amines) is 1. The molecule has 0 saturated carbocycles. The van der Waals surface area contributed by atoms with Crippen molar-refractivity contribution in [3.05, 3.63) is 0 Å². The molecule has 0 aromatic rings. The summed E-state index contributed by atoms with van der Waals surface area (Å²) in [6.45, 7) is 0.795. The predicted octanol–water partition coefficient (Wildman–Crippen LogP) is -0.608. The van der Waals surface area contributed by atoms with Crippen LogP contribution in [-0.4, -0.2) is 37.0 Å². The van der Waals surface area contributed by atoms with Crippen LogP contribution in [0.1, 0.15) is 6.42 Å². The molecule has 0 radical (unpaired) electrons. The smallest absolute Gasteiger partial charge is 0.325 e. The van der Waals surface area contributed by atoms with Crippen molar-refractivity contribution in [3.63, 3.8) is 0 Å². The number of amides is 1. The summed E-state index contributed by atoms with van der Waals surface area (Å²) in [4.78, 5) is 22.6. The highest BCUT2D eigenvalue weighted by Gasteiger charge is 2.25. The van der Waals surface area contributed by atoms with Crippen molar-refractivity contribution in [2.24, 2.45) is 0 Å². The Morgan fingerprint density at radius 3 is 2.80 bits per heavy atom. The minimum atomic E-state index is -0.354. The quantitative estimate of drug-likeness (QED) is 0.382. The van der Waals surface area contributed by atoms with Crippen LogP contribution in [-0.2, 0) is 14.3 Å². The molecule has 1 heterocycles. The summed E-state index contributed by atoms with van der Waals surface area (Å²) in [6.07, 6.45) is 0.566. The van der Waals surface area contributed by atoms with Gasteiger partial charge in [0.15, 0.2) is 0 Å². The lowest BCUT2D eigenvalue weighted by Crippen LogP contribution is -2.46. The Kier molecular flexibility index (Phi) is 1.89. The Hall–Kier alpha value is -1.06. The van der Waals surface area contributed by atoms with Crippen molar-refractivity contribution in [2.75, 3.05) is 20.2 Å². The molecule has 0 N–H and O–H groups in total. The van der Waals surface area contributed by atoms with Crippen LogP contribution in [0.3, 0.4) is 0 Å². The summed E-state index contributed by atoms with van der Waals surface area (Å²) < 4.78 is 4.37. The summed E-state index contributed by atoms with van der Waals surface area (Å²) in [7, 11) is 1.31. The van der Waals surface area contributed by atoms with E-state index in [1.165, 1.54) is 12.0 Å². The molecule has 1 aliphatic rings. The van der Waals surface area contributed by atoms with E-state index in [-0.39, 0.29) is 18.4 Å². The molecule has 0 spiro atoms. The molecule has 4 nitrogen and oxygen atoms in total. The number of carbonyl (C=O) groups is 2. The highest BCUT2D eigenvalue weighted by molar-refractivity contribution is 5.86. The number of ether oxygens (including phenoxy) is 1. The van der Waals surface area contributed by atoms with Gasteiger partial charge in [0, 0.05) is 13.0 Å². The van der Waals surface area contributed by atoms with Crippen LogP contribution in [0.4, 0.5) is 0 Å². The van der Waals surface area contributed by atoms with Crippen LogP contribution >= 0.6 is 0 Å². The Morgan fingerprint density at radius 1 is 1.80 bits per heavy atom. The van der Waals surface area contributed by atoms with E-state index in [9.17, 15) is 9.59 Å². The highest BCUT2D eigenvalue weighted by Crippen LogP contribution is 2.06. The molecular weight excluding hydrogens is 134 g/mol. The normalized spacial score (nSPS) is 16.5. The summed E-state index contributed by atoms with van der Waals surface area (Å²) in [5, 5.41) is 0. The first-order chi connectivity index (χ1) is 4.74. The van der Waals surface area contributed by atoms with Crippen LogP contribution < -0.4 is 0 Å². The van der Waals surface area contributed by atoms with Crippen molar-refractivity contribution < 1.29 is 14.3 Å². The number of hydrogen-bond donors (Lipinski definition) is 0. The first kappa shape index (κ1) is 7.05. The Labute approximate surface area is 58.8 Å². The van der Waals surface area contributed by atoms with E-state index < -0.39 is 0 Å². The molecule has 0 atom stereocenters. The maximum atomic E-state index is 10.6. The van der Waals surface area contributed by atoms with E-state index in [2.05, 4.69) is 4.74 Å². The van der Waals surface area contributed by atoms with E-state index in [4.69, 9.17) is 0 Å². The third kappa shape index (κ3) is 1.26. The van der Waals surface area contributed by atoms with Gasteiger partial charge in [-0.3, -0.25) is 9.59 Å². The van der Waals surface area contributed by atoms with Gasteiger partial charge in [0.25, 0.3) is 0 Å². The predicted molar refractivity (Wildman–Crippen MR) is 33.2 cm³/mol. The molecule has 1 rings (SSSR count). The fourth-order valence-electron chi connectivity index (χ4n) is 0.749. The number of nitrogens with zero attached hydrogens (tertiary/aromatic N) is 1. The van der Waals surface area contributed by atoms with Gasteiger partial charge in [0.1, 0.15) is 6.54 Å². The van der Waals surface area contributed by atoms with Gasteiger partial charge in [0.05, 0.1) is 7.11 Å². The molecule has 0 bridgehead atoms. The maximum Gasteiger partial charge on any atom is 0.325 e. The van der Waals surface area contributed by atoms with Gasteiger partial charge in [-0.2, -0.15) is 0 Å². The Balaban J connectivity index is 2.25. The third-order valence-corrected chi connectivity index (χ3v) is 1.50. The van der Waals surface area contributed by atoms with Gasteiger partial charge < -0.3 is 9.64 Å². The van der Waals surface area contributed by atoms with Crippen LogP contribution in [0.25, 0.3) is 0 Å². The van der Waals surface area contributed by atoms with Crippen molar-refractivity contribution >= 4 is 11.9 Å². The molecule has 1 aliphatic heterocycles. The molecule has 0 aromatic heterocycles. The summed E-state index contributed by atoms with van der Waals surface area (Å²) in [5.41, 5.74) is 0. The number of rotatable bonds is 2. The lowest BCUT2D eigenvalue weighted by atomic mass is 10.2. The number of esters is 1. The number of β-lactam (4-membered cyclic amide) rings is 1. The summed E-state index contributed by atoms with van der Waals surface area (Å²) in [6, 6.07) is 0. The number of hydrogen-bond acceptors (Lipinski definition) is 3. The van der Waals surface area contributed by atoms with Gasteiger partial charge in [-0.1, -0.05) is 0 Å². The average Bonchev–Trinajstić information content (AvgIpc) is 1.96. The molecule has 0 aromatic carbocycles.